The molecular weight excluding hydrogens is 490 g/mol. The molecule has 2 heterocycles. The molecule has 1 saturated heterocycles. The summed E-state index contributed by atoms with van der Waals surface area (Å²) in [6, 6.07) is 4.57. The number of ketones is 2. The molecule has 1 fully saturated rings. The van der Waals surface area contributed by atoms with Crippen LogP contribution in [0.1, 0.15) is 44.3 Å². The molecule has 2 bridgehead atoms. The van der Waals surface area contributed by atoms with Crippen molar-refractivity contribution in [3.63, 3.8) is 0 Å². The Bertz CT molecular complexity index is 1640. The van der Waals surface area contributed by atoms with Crippen LogP contribution >= 0.6 is 0 Å². The predicted octanol–water partition coefficient (Wildman–Crippen LogP) is 0.141. The smallest absolute Gasteiger partial charge is 0.238 e. The van der Waals surface area contributed by atoms with Gasteiger partial charge in [0.25, 0.3) is 0 Å². The van der Waals surface area contributed by atoms with Crippen molar-refractivity contribution in [2.24, 2.45) is 5.73 Å². The van der Waals surface area contributed by atoms with Gasteiger partial charge in [-0.05, 0) is 43.3 Å². The molecule has 4 aliphatic rings. The van der Waals surface area contributed by atoms with Crippen LogP contribution in [0.5, 0.6) is 5.75 Å². The number of aromatic hydroxyl groups is 1. The predicted molar refractivity (Wildman–Crippen MR) is 134 cm³/mol. The zero-order valence-corrected chi connectivity index (χ0v) is 20.0. The minimum atomic E-state index is -1.65. The number of ether oxygens (including phenoxy) is 1. The maximum atomic E-state index is 13.9. The van der Waals surface area contributed by atoms with Crippen molar-refractivity contribution in [3.8, 4) is 29.4 Å². The highest BCUT2D eigenvalue weighted by Gasteiger charge is 2.82. The first-order valence-electron chi connectivity index (χ1n) is 11.8. The number of aliphatic hydroxyl groups excluding tert-OH is 2. The molecular formula is C28H21N3O7. The van der Waals surface area contributed by atoms with Crippen molar-refractivity contribution < 1.29 is 34.4 Å². The number of hydrogen-bond acceptors (Lipinski definition) is 9. The SMILES string of the molecule is CC(O)[C@]12O[C@]13c1cc(O)c4c(c1N[C@H]2C#C/C=C\C#C[C@H]3O)C(=O)c1cc(NC(=O)CN)ccc1C4=O. The number of carbonyl (C=O) groups is 3. The van der Waals surface area contributed by atoms with Crippen LogP contribution in [0.15, 0.2) is 36.4 Å². The number of carbonyl (C=O) groups excluding carboxylic acids is 3. The van der Waals surface area contributed by atoms with Crippen LogP contribution in [0.2, 0.25) is 0 Å². The number of hydrogen-bond donors (Lipinski definition) is 6. The van der Waals surface area contributed by atoms with Crippen LogP contribution in [0.3, 0.4) is 0 Å². The van der Waals surface area contributed by atoms with E-state index in [1.54, 1.807) is 0 Å². The van der Waals surface area contributed by atoms with Crippen molar-refractivity contribution in [2.45, 2.75) is 36.4 Å². The molecule has 38 heavy (non-hydrogen) atoms. The van der Waals surface area contributed by atoms with E-state index in [2.05, 4.69) is 34.3 Å². The summed E-state index contributed by atoms with van der Waals surface area (Å²) in [5, 5.41) is 38.8. The number of phenolic OH excluding ortho intramolecular Hbond substituents is 1. The number of fused-ring (bicyclic) bond motifs is 4. The quantitative estimate of drug-likeness (QED) is 0.162. The highest BCUT2D eigenvalue weighted by molar-refractivity contribution is 6.31. The third-order valence-corrected chi connectivity index (χ3v) is 7.43. The highest BCUT2D eigenvalue weighted by atomic mass is 16.7. The topological polar surface area (TPSA) is 175 Å². The van der Waals surface area contributed by atoms with Gasteiger partial charge in [-0.1, -0.05) is 23.7 Å². The highest BCUT2D eigenvalue weighted by Crippen LogP contribution is 2.67. The number of amides is 1. The number of phenols is 1. The van der Waals surface area contributed by atoms with Crippen molar-refractivity contribution in [2.75, 3.05) is 17.2 Å². The first-order chi connectivity index (χ1) is 18.2. The van der Waals surface area contributed by atoms with Crippen LogP contribution in [0, 0.1) is 23.7 Å². The van der Waals surface area contributed by atoms with E-state index in [-0.39, 0.29) is 45.7 Å². The Hall–Kier alpha value is -4.45. The number of epoxide rings is 1. The average Bonchev–Trinajstić information content (AvgIpc) is 3.62. The zero-order chi connectivity index (χ0) is 27.0. The van der Waals surface area contributed by atoms with E-state index in [0.717, 1.165) is 0 Å². The van der Waals surface area contributed by atoms with Gasteiger partial charge in [-0.2, -0.15) is 0 Å². The van der Waals surface area contributed by atoms with E-state index in [9.17, 15) is 29.7 Å². The Balaban J connectivity index is 1.60. The molecule has 10 heteroatoms. The fourth-order valence-corrected chi connectivity index (χ4v) is 5.73. The molecule has 10 nitrogen and oxygen atoms in total. The van der Waals surface area contributed by atoms with Crippen LogP contribution in [-0.4, -0.2) is 63.2 Å². The Kier molecular flexibility index (Phi) is 5.05. The lowest BCUT2D eigenvalue weighted by molar-refractivity contribution is -0.114. The summed E-state index contributed by atoms with van der Waals surface area (Å²) in [4.78, 5) is 39.2. The molecule has 0 radical (unpaired) electrons. The normalized spacial score (nSPS) is 28.8. The lowest BCUT2D eigenvalue weighted by atomic mass is 9.69. The average molecular weight is 511 g/mol. The number of nitrogens with two attached hydrogens (primary N) is 1. The van der Waals surface area contributed by atoms with Crippen LogP contribution in [-0.2, 0) is 15.1 Å². The number of allylic oxidation sites excluding steroid dienone is 2. The lowest BCUT2D eigenvalue weighted by Crippen LogP contribution is -2.54. The van der Waals surface area contributed by atoms with Crippen LogP contribution < -0.4 is 16.4 Å². The minimum Gasteiger partial charge on any atom is -0.507 e. The van der Waals surface area contributed by atoms with Gasteiger partial charge in [0.1, 0.15) is 11.8 Å². The van der Waals surface area contributed by atoms with Crippen LogP contribution in [0.25, 0.3) is 0 Å². The summed E-state index contributed by atoms with van der Waals surface area (Å²) in [6.45, 7) is 1.22. The summed E-state index contributed by atoms with van der Waals surface area (Å²) in [5.41, 5.74) is 2.55. The molecule has 0 saturated carbocycles. The van der Waals surface area contributed by atoms with Crippen molar-refractivity contribution in [3.05, 3.63) is 64.2 Å². The second kappa shape index (κ2) is 8.02. The first-order valence-corrected chi connectivity index (χ1v) is 11.8. The summed E-state index contributed by atoms with van der Waals surface area (Å²) in [7, 11) is 0. The van der Waals surface area contributed by atoms with E-state index in [4.69, 9.17) is 10.5 Å². The van der Waals surface area contributed by atoms with Gasteiger partial charge in [-0.25, -0.2) is 0 Å². The van der Waals surface area contributed by atoms with E-state index >= 15 is 0 Å². The van der Waals surface area contributed by atoms with E-state index in [1.165, 1.54) is 43.3 Å². The molecule has 6 rings (SSSR count). The number of rotatable bonds is 3. The van der Waals surface area contributed by atoms with Crippen molar-refractivity contribution in [1.82, 2.24) is 0 Å². The van der Waals surface area contributed by atoms with Crippen LogP contribution in [0.4, 0.5) is 11.4 Å². The molecule has 190 valence electrons. The van der Waals surface area contributed by atoms with E-state index < -0.39 is 52.7 Å². The van der Waals surface area contributed by atoms with Gasteiger partial charge in [-0.3, -0.25) is 14.4 Å². The largest absolute Gasteiger partial charge is 0.507 e. The third-order valence-electron chi connectivity index (χ3n) is 7.43. The number of anilines is 2. The van der Waals surface area contributed by atoms with Gasteiger partial charge in [-0.15, -0.1) is 0 Å². The third kappa shape index (κ3) is 2.91. The maximum Gasteiger partial charge on any atom is 0.238 e. The number of benzene rings is 2. The van der Waals surface area contributed by atoms with Gasteiger partial charge in [0.15, 0.2) is 28.9 Å². The Morgan fingerprint density at radius 1 is 1.16 bits per heavy atom. The second-order valence-corrected chi connectivity index (χ2v) is 9.44. The fraction of sp³-hybridized carbons (Fsp3) is 0.250. The number of nitrogens with one attached hydrogen (secondary N) is 2. The molecule has 2 aromatic rings. The summed E-state index contributed by atoms with van der Waals surface area (Å²) < 4.78 is 6.14. The second-order valence-electron chi connectivity index (χ2n) is 9.44. The molecule has 1 unspecified atom stereocenters. The van der Waals surface area contributed by atoms with Crippen molar-refractivity contribution in [1.29, 1.82) is 0 Å². The molecule has 0 aromatic heterocycles. The first kappa shape index (κ1) is 23.9. The number of aliphatic hydroxyl groups is 2. The molecule has 5 atom stereocenters. The van der Waals surface area contributed by atoms with E-state index in [0.29, 0.717) is 0 Å². The summed E-state index contributed by atoms with van der Waals surface area (Å²) >= 11 is 0. The standard InChI is InChI=1S/C28H21N3O7/c1-13(32)27-19-6-4-2-3-5-7-20(34)28(27,38-27)17-11-18(33)22-23(24(17)31-19)26(37)16-10-14(30-21(35)12-29)8-9-15(16)25(22)36/h2-3,8-11,13,19-20,31-34H,12,29H2,1H3,(H,30,35)/b3-2-/t13?,19-,20+,27+,28-/m0/s1. The lowest BCUT2D eigenvalue weighted by Gasteiger charge is -2.37. The van der Waals surface area contributed by atoms with Gasteiger partial charge in [0.2, 0.25) is 5.91 Å². The Morgan fingerprint density at radius 2 is 1.87 bits per heavy atom. The maximum absolute atomic E-state index is 13.9. The summed E-state index contributed by atoms with van der Waals surface area (Å²) in [5.74, 6) is 8.99. The van der Waals surface area contributed by atoms with Gasteiger partial charge >= 0.3 is 0 Å². The van der Waals surface area contributed by atoms with E-state index in [1.807, 2.05) is 0 Å². The monoisotopic (exact) mass is 511 g/mol. The van der Waals surface area contributed by atoms with Gasteiger partial charge in [0, 0.05) is 22.4 Å². The van der Waals surface area contributed by atoms with Gasteiger partial charge < -0.3 is 36.4 Å². The molecule has 2 aromatic carbocycles. The molecule has 0 spiro atoms. The Labute approximate surface area is 216 Å². The molecule has 2 aliphatic heterocycles. The van der Waals surface area contributed by atoms with Gasteiger partial charge in [0.05, 0.1) is 29.5 Å². The fourth-order valence-electron chi connectivity index (χ4n) is 5.73. The summed E-state index contributed by atoms with van der Waals surface area (Å²) in [6.07, 6.45) is 0.330. The Morgan fingerprint density at radius 3 is 2.58 bits per heavy atom. The molecule has 2 aliphatic carbocycles. The molecule has 7 N–H and O–H groups in total. The minimum absolute atomic E-state index is 0.0112. The molecule has 1 amide bonds. The zero-order valence-electron chi connectivity index (χ0n) is 20.0. The van der Waals surface area contributed by atoms with Crippen molar-refractivity contribution >= 4 is 28.8 Å².